The third kappa shape index (κ3) is 3.40. The molecule has 1 aliphatic rings. The third-order valence-corrected chi connectivity index (χ3v) is 6.05. The Morgan fingerprint density at radius 2 is 1.91 bits per heavy atom. The van der Waals surface area contributed by atoms with E-state index < -0.39 is 35.5 Å². The number of H-pyrrole nitrogens is 1. The van der Waals surface area contributed by atoms with Gasteiger partial charge in [0.15, 0.2) is 5.60 Å². The van der Waals surface area contributed by atoms with Crippen LogP contribution in [-0.2, 0) is 5.41 Å². The number of hydrogen-bond donors (Lipinski definition) is 3. The topological polar surface area (TPSA) is 74.3 Å². The maximum Gasteiger partial charge on any atom is 0.419 e. The van der Waals surface area contributed by atoms with Crippen molar-refractivity contribution in [3.8, 4) is 5.75 Å². The van der Waals surface area contributed by atoms with E-state index >= 15 is 0 Å². The van der Waals surface area contributed by atoms with Gasteiger partial charge in [0.1, 0.15) is 11.6 Å². The first kappa shape index (κ1) is 22.1. The minimum absolute atomic E-state index is 0.0423. The van der Waals surface area contributed by atoms with E-state index in [-0.39, 0.29) is 22.6 Å². The highest BCUT2D eigenvalue weighted by Crippen LogP contribution is 2.56. The van der Waals surface area contributed by atoms with Gasteiger partial charge in [-0.25, -0.2) is 4.39 Å². The van der Waals surface area contributed by atoms with Crippen molar-refractivity contribution in [3.63, 3.8) is 0 Å². The lowest BCUT2D eigenvalue weighted by Gasteiger charge is -2.49. The first-order valence-corrected chi connectivity index (χ1v) is 9.93. The minimum atomic E-state index is -5.02. The largest absolute Gasteiger partial charge is 0.496 e. The lowest BCUT2D eigenvalue weighted by Crippen LogP contribution is -2.58. The molecule has 0 saturated heterocycles. The van der Waals surface area contributed by atoms with E-state index in [0.717, 1.165) is 12.1 Å². The van der Waals surface area contributed by atoms with E-state index in [4.69, 9.17) is 4.74 Å². The first-order valence-electron chi connectivity index (χ1n) is 9.93. The number of benzene rings is 2. The number of halogens is 4. The number of hydrogen-bond acceptors (Lipinski definition) is 4. The predicted molar refractivity (Wildman–Crippen MR) is 113 cm³/mol. The fourth-order valence-corrected chi connectivity index (χ4v) is 4.77. The predicted octanol–water partition coefficient (Wildman–Crippen LogP) is 4.80. The Kier molecular flexibility index (Phi) is 5.00. The van der Waals surface area contributed by atoms with Gasteiger partial charge in [0, 0.05) is 28.8 Å². The molecule has 5 nitrogen and oxygen atoms in total. The maximum atomic E-state index is 14.4. The second-order valence-corrected chi connectivity index (χ2v) is 8.72. The van der Waals surface area contributed by atoms with Gasteiger partial charge in [0.2, 0.25) is 5.56 Å². The van der Waals surface area contributed by atoms with Gasteiger partial charge in [-0.3, -0.25) is 4.79 Å². The van der Waals surface area contributed by atoms with Crippen LogP contribution in [0.15, 0.2) is 47.3 Å². The van der Waals surface area contributed by atoms with Gasteiger partial charge in [0.05, 0.1) is 18.7 Å². The molecule has 2 atom stereocenters. The SMILES string of the molecule is COc1cc(F)cc2c1C(C)(C)CC(O)(C(F)(F)F)C2Nc1cccc2[nH]c(=O)ccc12. The molecule has 9 heteroatoms. The zero-order valence-corrected chi connectivity index (χ0v) is 17.6. The van der Waals surface area contributed by atoms with Gasteiger partial charge >= 0.3 is 6.18 Å². The van der Waals surface area contributed by atoms with Crippen LogP contribution < -0.4 is 15.6 Å². The number of anilines is 1. The van der Waals surface area contributed by atoms with Gasteiger partial charge in [-0.05, 0) is 41.7 Å². The van der Waals surface area contributed by atoms with Crippen LogP contribution >= 0.6 is 0 Å². The summed E-state index contributed by atoms with van der Waals surface area (Å²) in [5.74, 6) is -0.667. The number of fused-ring (bicyclic) bond motifs is 2. The Morgan fingerprint density at radius 3 is 2.56 bits per heavy atom. The number of methoxy groups -OCH3 is 1. The normalized spacial score (nSPS) is 22.4. The van der Waals surface area contributed by atoms with Crippen LogP contribution in [0.4, 0.5) is 23.2 Å². The number of aromatic amines is 1. The molecule has 4 rings (SSSR count). The van der Waals surface area contributed by atoms with Gasteiger partial charge in [-0.15, -0.1) is 0 Å². The molecular formula is C23H22F4N2O3. The Labute approximate surface area is 181 Å². The summed E-state index contributed by atoms with van der Waals surface area (Å²) < 4.78 is 62.6. The molecule has 0 amide bonds. The molecule has 2 unspecified atom stereocenters. The van der Waals surface area contributed by atoms with Crippen LogP contribution in [0.2, 0.25) is 0 Å². The van der Waals surface area contributed by atoms with Crippen molar-refractivity contribution in [1.29, 1.82) is 0 Å². The second-order valence-electron chi connectivity index (χ2n) is 8.72. The molecule has 0 bridgehead atoms. The molecule has 1 aromatic heterocycles. The van der Waals surface area contributed by atoms with Gasteiger partial charge in [-0.1, -0.05) is 19.9 Å². The molecule has 2 aromatic carbocycles. The Bertz CT molecular complexity index is 1250. The summed E-state index contributed by atoms with van der Waals surface area (Å²) >= 11 is 0. The van der Waals surface area contributed by atoms with Gasteiger partial charge < -0.3 is 20.1 Å². The summed E-state index contributed by atoms with van der Waals surface area (Å²) in [6.07, 6.45) is -5.68. The number of aromatic nitrogens is 1. The zero-order chi connectivity index (χ0) is 23.5. The fraction of sp³-hybridized carbons (Fsp3) is 0.348. The van der Waals surface area contributed by atoms with Crippen molar-refractivity contribution in [1.82, 2.24) is 4.98 Å². The van der Waals surface area contributed by atoms with E-state index in [2.05, 4.69) is 10.3 Å². The summed E-state index contributed by atoms with van der Waals surface area (Å²) in [5.41, 5.74) is -3.72. The highest BCUT2D eigenvalue weighted by Gasteiger charge is 2.64. The highest BCUT2D eigenvalue weighted by molar-refractivity contribution is 5.91. The summed E-state index contributed by atoms with van der Waals surface area (Å²) in [5, 5.41) is 14.3. The second kappa shape index (κ2) is 7.23. The van der Waals surface area contributed by atoms with Crippen LogP contribution in [0.1, 0.15) is 37.4 Å². The lowest BCUT2D eigenvalue weighted by atomic mass is 9.63. The molecule has 0 fully saturated rings. The van der Waals surface area contributed by atoms with Crippen molar-refractivity contribution in [2.75, 3.05) is 12.4 Å². The van der Waals surface area contributed by atoms with Crippen molar-refractivity contribution in [2.24, 2.45) is 0 Å². The molecule has 3 N–H and O–H groups in total. The Morgan fingerprint density at radius 1 is 1.19 bits per heavy atom. The van der Waals surface area contributed by atoms with Crippen LogP contribution in [0.25, 0.3) is 10.9 Å². The van der Waals surface area contributed by atoms with Crippen LogP contribution in [0, 0.1) is 5.82 Å². The van der Waals surface area contributed by atoms with Crippen LogP contribution in [0.3, 0.4) is 0 Å². The molecule has 1 aliphatic carbocycles. The minimum Gasteiger partial charge on any atom is -0.496 e. The molecule has 0 radical (unpaired) electrons. The molecule has 32 heavy (non-hydrogen) atoms. The van der Waals surface area contributed by atoms with Crippen molar-refractivity contribution in [3.05, 3.63) is 69.8 Å². The zero-order valence-electron chi connectivity index (χ0n) is 17.6. The molecule has 0 saturated carbocycles. The third-order valence-electron chi connectivity index (χ3n) is 6.05. The number of aliphatic hydroxyl groups is 1. The summed E-state index contributed by atoms with van der Waals surface area (Å²) in [6.45, 7) is 3.11. The molecule has 0 aliphatic heterocycles. The summed E-state index contributed by atoms with van der Waals surface area (Å²) in [7, 11) is 1.32. The quantitative estimate of drug-likeness (QED) is 0.501. The molecule has 1 heterocycles. The van der Waals surface area contributed by atoms with E-state index in [1.165, 1.54) is 25.3 Å². The monoisotopic (exact) mass is 450 g/mol. The highest BCUT2D eigenvalue weighted by atomic mass is 19.4. The molecule has 0 spiro atoms. The number of ether oxygens (including phenoxy) is 1. The smallest absolute Gasteiger partial charge is 0.419 e. The molecular weight excluding hydrogens is 428 g/mol. The number of rotatable bonds is 3. The van der Waals surface area contributed by atoms with E-state index in [9.17, 15) is 27.5 Å². The van der Waals surface area contributed by atoms with Crippen molar-refractivity contribution < 1.29 is 27.4 Å². The Hall–Kier alpha value is -3.07. The first-order chi connectivity index (χ1) is 14.9. The van der Waals surface area contributed by atoms with Gasteiger partial charge in [0.25, 0.3) is 0 Å². The summed E-state index contributed by atoms with van der Waals surface area (Å²) in [4.78, 5) is 14.3. The van der Waals surface area contributed by atoms with Crippen LogP contribution in [-0.4, -0.2) is 29.0 Å². The van der Waals surface area contributed by atoms with Crippen molar-refractivity contribution >= 4 is 16.6 Å². The van der Waals surface area contributed by atoms with Crippen molar-refractivity contribution in [2.45, 2.75) is 43.5 Å². The Balaban J connectivity index is 1.98. The number of nitrogens with one attached hydrogen (secondary N) is 2. The summed E-state index contributed by atoms with van der Waals surface area (Å²) in [6, 6.07) is 7.83. The molecule has 170 valence electrons. The average Bonchev–Trinajstić information content (AvgIpc) is 2.68. The number of pyridine rings is 1. The fourth-order valence-electron chi connectivity index (χ4n) is 4.77. The lowest BCUT2D eigenvalue weighted by molar-refractivity contribution is -0.276. The van der Waals surface area contributed by atoms with E-state index in [1.54, 1.807) is 26.0 Å². The average molecular weight is 450 g/mol. The van der Waals surface area contributed by atoms with E-state index in [1.807, 2.05) is 0 Å². The maximum absolute atomic E-state index is 14.4. The number of alkyl halides is 3. The standard InChI is InChI=1S/C23H22F4N2O3/c1-21(2)11-22(31,23(25,26)27)20(14-9-12(24)10-17(32-3)19(14)21)29-16-6-4-5-15-13(16)7-8-18(30)28-15/h4-10,20,29,31H,11H2,1-3H3,(H,28,30). The van der Waals surface area contributed by atoms with Gasteiger partial charge in [-0.2, -0.15) is 13.2 Å². The van der Waals surface area contributed by atoms with E-state index in [0.29, 0.717) is 16.5 Å². The molecule has 3 aromatic rings. The van der Waals surface area contributed by atoms with Crippen LogP contribution in [0.5, 0.6) is 5.75 Å².